The SMILES string of the molecule is CC(C)OC(=O)Nc1ccc(-c2ncc(-c3ccc(N)cc3S(=O)(=O)NC(C)(C)C)s2)cc1. The van der Waals surface area contributed by atoms with E-state index in [4.69, 9.17) is 10.5 Å². The molecule has 1 amide bonds. The molecule has 0 saturated carbocycles. The molecule has 1 heterocycles. The fourth-order valence-corrected chi connectivity index (χ4v) is 5.71. The van der Waals surface area contributed by atoms with E-state index in [-0.39, 0.29) is 11.0 Å². The summed E-state index contributed by atoms with van der Waals surface area (Å²) in [6.07, 6.45) is 0.919. The fourth-order valence-electron chi connectivity index (χ4n) is 3.01. The van der Waals surface area contributed by atoms with Crippen LogP contribution in [0.1, 0.15) is 34.6 Å². The number of amides is 1. The maximum absolute atomic E-state index is 13.0. The molecule has 0 unspecified atom stereocenters. The van der Waals surface area contributed by atoms with E-state index in [9.17, 15) is 13.2 Å². The summed E-state index contributed by atoms with van der Waals surface area (Å²) in [5.74, 6) is 0. The number of nitrogens with two attached hydrogens (primary N) is 1. The molecule has 33 heavy (non-hydrogen) atoms. The molecule has 0 fully saturated rings. The number of hydrogen-bond donors (Lipinski definition) is 3. The average molecular weight is 489 g/mol. The highest BCUT2D eigenvalue weighted by Crippen LogP contribution is 2.36. The molecule has 3 aromatic rings. The molecular formula is C23H28N4O4S2. The van der Waals surface area contributed by atoms with Gasteiger partial charge >= 0.3 is 6.09 Å². The maximum Gasteiger partial charge on any atom is 0.411 e. The van der Waals surface area contributed by atoms with Crippen LogP contribution in [0.4, 0.5) is 16.2 Å². The minimum absolute atomic E-state index is 0.107. The van der Waals surface area contributed by atoms with Crippen LogP contribution in [0.15, 0.2) is 53.6 Å². The van der Waals surface area contributed by atoms with Gasteiger partial charge in [0.15, 0.2) is 0 Å². The number of anilines is 2. The maximum atomic E-state index is 13.0. The van der Waals surface area contributed by atoms with Crippen LogP contribution >= 0.6 is 11.3 Å². The first-order valence-electron chi connectivity index (χ1n) is 10.3. The number of aromatic nitrogens is 1. The molecule has 2 aromatic carbocycles. The lowest BCUT2D eigenvalue weighted by molar-refractivity contribution is 0.130. The number of carbonyl (C=O) groups is 1. The van der Waals surface area contributed by atoms with Gasteiger partial charge in [-0.05, 0) is 71.0 Å². The third kappa shape index (κ3) is 6.53. The van der Waals surface area contributed by atoms with Crippen LogP contribution in [0.5, 0.6) is 0 Å². The molecule has 1 aromatic heterocycles. The highest BCUT2D eigenvalue weighted by Gasteiger charge is 2.26. The van der Waals surface area contributed by atoms with E-state index in [0.717, 1.165) is 5.56 Å². The molecule has 0 aliphatic rings. The predicted molar refractivity (Wildman–Crippen MR) is 133 cm³/mol. The van der Waals surface area contributed by atoms with E-state index in [2.05, 4.69) is 15.0 Å². The Labute approximate surface area is 198 Å². The van der Waals surface area contributed by atoms with Crippen LogP contribution in [0.3, 0.4) is 0 Å². The number of carbonyl (C=O) groups excluding carboxylic acids is 1. The van der Waals surface area contributed by atoms with Gasteiger partial charge < -0.3 is 10.5 Å². The van der Waals surface area contributed by atoms with Crippen molar-refractivity contribution in [1.29, 1.82) is 0 Å². The Morgan fingerprint density at radius 2 is 1.79 bits per heavy atom. The topological polar surface area (TPSA) is 123 Å². The summed E-state index contributed by atoms with van der Waals surface area (Å²) in [7, 11) is -3.80. The summed E-state index contributed by atoms with van der Waals surface area (Å²) in [5.41, 5.74) is 7.57. The average Bonchev–Trinajstić information content (AvgIpc) is 3.16. The van der Waals surface area contributed by atoms with Gasteiger partial charge in [-0.2, -0.15) is 0 Å². The van der Waals surface area contributed by atoms with Gasteiger partial charge in [-0.15, -0.1) is 11.3 Å². The Bertz CT molecular complexity index is 1240. The Morgan fingerprint density at radius 3 is 2.39 bits per heavy atom. The van der Waals surface area contributed by atoms with Crippen molar-refractivity contribution in [3.05, 3.63) is 48.7 Å². The van der Waals surface area contributed by atoms with Gasteiger partial charge in [-0.1, -0.05) is 6.07 Å². The molecule has 0 atom stereocenters. The summed E-state index contributed by atoms with van der Waals surface area (Å²) in [5, 5.41) is 3.38. The molecule has 0 radical (unpaired) electrons. The summed E-state index contributed by atoms with van der Waals surface area (Å²) in [6, 6.07) is 12.0. The molecule has 8 nitrogen and oxygen atoms in total. The first kappa shape index (κ1) is 24.7. The van der Waals surface area contributed by atoms with E-state index in [1.807, 2.05) is 12.1 Å². The minimum Gasteiger partial charge on any atom is -0.447 e. The van der Waals surface area contributed by atoms with Crippen LogP contribution in [-0.2, 0) is 14.8 Å². The summed E-state index contributed by atoms with van der Waals surface area (Å²) in [4.78, 5) is 17.0. The van der Waals surface area contributed by atoms with Gasteiger partial charge in [0.1, 0.15) is 5.01 Å². The third-order valence-electron chi connectivity index (χ3n) is 4.23. The van der Waals surface area contributed by atoms with Crippen molar-refractivity contribution in [2.45, 2.75) is 51.2 Å². The predicted octanol–water partition coefficient (Wildman–Crippen LogP) is 5.09. The molecule has 0 aliphatic carbocycles. The van der Waals surface area contributed by atoms with Gasteiger partial charge in [0, 0.05) is 34.2 Å². The van der Waals surface area contributed by atoms with Crippen LogP contribution in [-0.4, -0.2) is 31.1 Å². The van der Waals surface area contributed by atoms with E-state index < -0.39 is 21.7 Å². The second-order valence-electron chi connectivity index (χ2n) is 8.80. The molecule has 0 bridgehead atoms. The van der Waals surface area contributed by atoms with Gasteiger partial charge in [-0.3, -0.25) is 5.32 Å². The van der Waals surface area contributed by atoms with Crippen molar-refractivity contribution in [1.82, 2.24) is 9.71 Å². The van der Waals surface area contributed by atoms with Gasteiger partial charge in [0.25, 0.3) is 0 Å². The Hall–Kier alpha value is -2.95. The monoisotopic (exact) mass is 488 g/mol. The quantitative estimate of drug-likeness (QED) is 0.415. The van der Waals surface area contributed by atoms with E-state index >= 15 is 0 Å². The van der Waals surface area contributed by atoms with Gasteiger partial charge in [-0.25, -0.2) is 22.9 Å². The number of rotatable bonds is 6. The Kier molecular flexibility index (Phi) is 7.11. The lowest BCUT2D eigenvalue weighted by Crippen LogP contribution is -2.40. The van der Waals surface area contributed by atoms with E-state index in [1.165, 1.54) is 17.4 Å². The molecule has 176 valence electrons. The molecular weight excluding hydrogens is 460 g/mol. The zero-order valence-corrected chi connectivity index (χ0v) is 20.8. The van der Waals surface area contributed by atoms with Gasteiger partial charge in [0.05, 0.1) is 15.9 Å². The number of hydrogen-bond acceptors (Lipinski definition) is 7. The second kappa shape index (κ2) is 9.50. The molecule has 0 saturated heterocycles. The van der Waals surface area contributed by atoms with Crippen LogP contribution in [0, 0.1) is 0 Å². The number of nitrogens with one attached hydrogen (secondary N) is 2. The number of ether oxygens (including phenoxy) is 1. The third-order valence-corrected chi connectivity index (χ3v) is 7.11. The standard InChI is InChI=1S/C23H28N4O4S2/c1-14(2)31-22(28)26-17-9-6-15(7-10-17)21-25-13-19(32-21)18-11-8-16(24)12-20(18)33(29,30)27-23(3,4)5/h6-14,27H,24H2,1-5H3,(H,26,28). The zero-order valence-electron chi connectivity index (χ0n) is 19.2. The highest BCUT2D eigenvalue weighted by molar-refractivity contribution is 7.89. The van der Waals surface area contributed by atoms with Crippen molar-refractivity contribution in [3.63, 3.8) is 0 Å². The Balaban J connectivity index is 1.89. The largest absolute Gasteiger partial charge is 0.447 e. The van der Waals surface area contributed by atoms with Crippen molar-refractivity contribution in [2.24, 2.45) is 0 Å². The number of nitrogen functional groups attached to an aromatic ring is 1. The summed E-state index contributed by atoms with van der Waals surface area (Å²) < 4.78 is 33.8. The molecule has 4 N–H and O–H groups in total. The first-order chi connectivity index (χ1) is 15.3. The van der Waals surface area contributed by atoms with Crippen molar-refractivity contribution < 1.29 is 17.9 Å². The first-order valence-corrected chi connectivity index (χ1v) is 12.6. The smallest absolute Gasteiger partial charge is 0.411 e. The number of nitrogens with zero attached hydrogens (tertiary/aromatic N) is 1. The van der Waals surface area contributed by atoms with Crippen molar-refractivity contribution >= 4 is 38.8 Å². The Morgan fingerprint density at radius 1 is 1.12 bits per heavy atom. The fraction of sp³-hybridized carbons (Fsp3) is 0.304. The van der Waals surface area contributed by atoms with E-state index in [1.54, 1.807) is 65.1 Å². The summed E-state index contributed by atoms with van der Waals surface area (Å²) in [6.45, 7) is 8.90. The lowest BCUT2D eigenvalue weighted by atomic mass is 10.1. The van der Waals surface area contributed by atoms with Crippen LogP contribution in [0.2, 0.25) is 0 Å². The van der Waals surface area contributed by atoms with Crippen molar-refractivity contribution in [3.8, 4) is 21.0 Å². The minimum atomic E-state index is -3.80. The van der Waals surface area contributed by atoms with Crippen LogP contribution < -0.4 is 15.8 Å². The molecule has 10 heteroatoms. The number of sulfonamides is 1. The van der Waals surface area contributed by atoms with Gasteiger partial charge in [0.2, 0.25) is 10.0 Å². The number of thiazole rings is 1. The molecule has 0 spiro atoms. The summed E-state index contributed by atoms with van der Waals surface area (Å²) >= 11 is 1.37. The lowest BCUT2D eigenvalue weighted by Gasteiger charge is -2.21. The normalized spacial score (nSPS) is 12.1. The van der Waals surface area contributed by atoms with Crippen LogP contribution in [0.25, 0.3) is 21.0 Å². The van der Waals surface area contributed by atoms with Crippen molar-refractivity contribution in [2.75, 3.05) is 11.1 Å². The van der Waals surface area contributed by atoms with E-state index in [0.29, 0.717) is 26.8 Å². The highest BCUT2D eigenvalue weighted by atomic mass is 32.2. The second-order valence-corrected chi connectivity index (χ2v) is 11.5. The number of benzene rings is 2. The molecule has 0 aliphatic heterocycles. The zero-order chi connectivity index (χ0) is 24.4. The molecule has 3 rings (SSSR count).